The van der Waals surface area contributed by atoms with Gasteiger partial charge in [-0.05, 0) is 33.0 Å². The van der Waals surface area contributed by atoms with Crippen molar-refractivity contribution in [3.8, 4) is 5.75 Å². The molecule has 1 amide bonds. The van der Waals surface area contributed by atoms with Crippen molar-refractivity contribution in [3.05, 3.63) is 17.7 Å². The summed E-state index contributed by atoms with van der Waals surface area (Å²) in [7, 11) is 1.91. The SMILES string of the molecule is C[C@H]1C(=O)NN=C2COc3cc(C(F)(F)F)c(NC4(C)CN(C)C4)cc3N21.O=C(O)C(F)(F)F. The van der Waals surface area contributed by atoms with Crippen LogP contribution in [0.5, 0.6) is 5.75 Å². The summed E-state index contributed by atoms with van der Waals surface area (Å²) in [5, 5.41) is 14.1. The van der Waals surface area contributed by atoms with E-state index >= 15 is 0 Å². The average molecular weight is 497 g/mol. The van der Waals surface area contributed by atoms with Gasteiger partial charge in [-0.2, -0.15) is 31.4 Å². The Hall–Kier alpha value is -3.23. The summed E-state index contributed by atoms with van der Waals surface area (Å²) >= 11 is 0. The van der Waals surface area contributed by atoms with Gasteiger partial charge in [-0.3, -0.25) is 4.79 Å². The van der Waals surface area contributed by atoms with Gasteiger partial charge in [-0.25, -0.2) is 10.2 Å². The molecule has 1 atom stereocenters. The molecule has 34 heavy (non-hydrogen) atoms. The van der Waals surface area contributed by atoms with Gasteiger partial charge in [0.25, 0.3) is 5.91 Å². The third kappa shape index (κ3) is 5.13. The number of hydrogen-bond donors (Lipinski definition) is 3. The maximum Gasteiger partial charge on any atom is 0.490 e. The number of nitrogens with one attached hydrogen (secondary N) is 2. The van der Waals surface area contributed by atoms with Crippen LogP contribution in [-0.4, -0.2) is 72.2 Å². The summed E-state index contributed by atoms with van der Waals surface area (Å²) in [6.07, 6.45) is -9.62. The minimum Gasteiger partial charge on any atom is -0.483 e. The maximum absolute atomic E-state index is 13.7. The number of rotatable bonds is 2. The number of likely N-dealkylation sites (N-methyl/N-ethyl adjacent to an activating group) is 1. The Bertz CT molecular complexity index is 1020. The number of benzene rings is 1. The second kappa shape index (κ2) is 8.52. The van der Waals surface area contributed by atoms with Crippen LogP contribution in [0.2, 0.25) is 0 Å². The number of ether oxygens (including phenoxy) is 1. The highest BCUT2D eigenvalue weighted by Crippen LogP contribution is 2.45. The van der Waals surface area contributed by atoms with E-state index in [2.05, 4.69) is 15.8 Å². The number of likely N-dealkylation sites (tertiary alicyclic amines) is 1. The molecule has 3 aliphatic rings. The monoisotopic (exact) mass is 497 g/mol. The number of carbonyl (C=O) groups excluding carboxylic acids is 1. The van der Waals surface area contributed by atoms with Gasteiger partial charge >= 0.3 is 18.3 Å². The number of hydrogen-bond acceptors (Lipinski definition) is 7. The molecule has 0 unspecified atom stereocenters. The van der Waals surface area contributed by atoms with Crippen molar-refractivity contribution in [3.63, 3.8) is 0 Å². The molecule has 1 fully saturated rings. The first-order valence-electron chi connectivity index (χ1n) is 9.82. The Morgan fingerprint density at radius 2 is 1.85 bits per heavy atom. The minimum atomic E-state index is -5.08. The lowest BCUT2D eigenvalue weighted by atomic mass is 9.92. The first-order valence-corrected chi connectivity index (χ1v) is 9.82. The molecule has 0 bridgehead atoms. The molecule has 0 aliphatic carbocycles. The van der Waals surface area contributed by atoms with Crippen LogP contribution in [0.4, 0.5) is 37.7 Å². The van der Waals surface area contributed by atoms with Gasteiger partial charge in [-0.15, -0.1) is 0 Å². The zero-order valence-electron chi connectivity index (χ0n) is 18.1. The van der Waals surface area contributed by atoms with E-state index < -0.39 is 35.5 Å². The van der Waals surface area contributed by atoms with Gasteiger partial charge in [-0.1, -0.05) is 0 Å². The van der Waals surface area contributed by atoms with Gasteiger partial charge in [0, 0.05) is 18.8 Å². The zero-order chi connectivity index (χ0) is 25.6. The molecule has 15 heteroatoms. The van der Waals surface area contributed by atoms with Crippen molar-refractivity contribution in [2.24, 2.45) is 5.10 Å². The van der Waals surface area contributed by atoms with Gasteiger partial charge in [0.1, 0.15) is 18.4 Å². The standard InChI is InChI=1S/C17H20F3N5O2.C2HF3O2/c1-9-15(26)23-22-14-6-27-13-4-10(17(18,19)20)11(5-12(13)25(9)14)21-16(2)7-24(3)8-16;3-2(4,5)1(6)7/h4-5,9,21H,6-8H2,1-3H3,(H,23,26);(H,6,7)/t9-;/m0./s1. The Kier molecular flexibility index (Phi) is 6.37. The quantitative estimate of drug-likeness (QED) is 0.539. The van der Waals surface area contributed by atoms with E-state index in [4.69, 9.17) is 14.6 Å². The van der Waals surface area contributed by atoms with Crippen molar-refractivity contribution in [2.45, 2.75) is 37.8 Å². The zero-order valence-corrected chi connectivity index (χ0v) is 18.1. The third-order valence-corrected chi connectivity index (χ3v) is 5.28. The number of amidine groups is 1. The van der Waals surface area contributed by atoms with Crippen LogP contribution in [0.15, 0.2) is 17.2 Å². The number of amides is 1. The molecule has 3 N–H and O–H groups in total. The number of anilines is 2. The first-order chi connectivity index (χ1) is 15.5. The minimum absolute atomic E-state index is 0.00972. The van der Waals surface area contributed by atoms with E-state index in [0.717, 1.165) is 6.07 Å². The van der Waals surface area contributed by atoms with Gasteiger partial charge in [0.05, 0.1) is 16.8 Å². The molecule has 188 valence electrons. The number of carbonyl (C=O) groups is 2. The van der Waals surface area contributed by atoms with Gasteiger partial charge in [0.15, 0.2) is 5.84 Å². The molecule has 3 aliphatic heterocycles. The van der Waals surface area contributed by atoms with Crippen molar-refractivity contribution >= 4 is 29.1 Å². The second-order valence-electron chi connectivity index (χ2n) is 8.36. The van der Waals surface area contributed by atoms with Crippen LogP contribution in [-0.2, 0) is 15.8 Å². The summed E-state index contributed by atoms with van der Waals surface area (Å²) in [6.45, 7) is 4.81. The highest BCUT2D eigenvalue weighted by molar-refractivity contribution is 6.09. The van der Waals surface area contributed by atoms with Gasteiger partial charge < -0.3 is 25.0 Å². The number of carboxylic acid groups (broad SMARTS) is 1. The number of fused-ring (bicyclic) bond motifs is 3. The number of carboxylic acids is 1. The largest absolute Gasteiger partial charge is 0.490 e. The summed E-state index contributed by atoms with van der Waals surface area (Å²) in [5.74, 6) is -2.54. The molecule has 0 spiro atoms. The maximum atomic E-state index is 13.7. The number of aliphatic carboxylic acids is 1. The fourth-order valence-corrected chi connectivity index (χ4v) is 3.96. The Balaban J connectivity index is 0.000000406. The number of halogens is 6. The number of alkyl halides is 6. The summed E-state index contributed by atoms with van der Waals surface area (Å²) in [5.41, 5.74) is 1.53. The summed E-state index contributed by atoms with van der Waals surface area (Å²) < 4.78 is 78.2. The predicted molar refractivity (Wildman–Crippen MR) is 108 cm³/mol. The van der Waals surface area contributed by atoms with E-state index in [-0.39, 0.29) is 24.0 Å². The molecule has 9 nitrogen and oxygen atoms in total. The Morgan fingerprint density at radius 1 is 1.26 bits per heavy atom. The van der Waals surface area contributed by atoms with Crippen LogP contribution in [0.1, 0.15) is 19.4 Å². The highest BCUT2D eigenvalue weighted by atomic mass is 19.4. The van der Waals surface area contributed by atoms with Crippen molar-refractivity contribution < 1.29 is 45.8 Å². The van der Waals surface area contributed by atoms with E-state index in [9.17, 15) is 31.1 Å². The van der Waals surface area contributed by atoms with Crippen LogP contribution in [0.25, 0.3) is 0 Å². The molecule has 1 aromatic rings. The molecular formula is C19H21F6N5O4. The lowest BCUT2D eigenvalue weighted by Gasteiger charge is -2.48. The smallest absolute Gasteiger partial charge is 0.483 e. The lowest BCUT2D eigenvalue weighted by molar-refractivity contribution is -0.192. The van der Waals surface area contributed by atoms with E-state index in [1.165, 1.54) is 6.07 Å². The number of hydrazone groups is 1. The Morgan fingerprint density at radius 3 is 2.35 bits per heavy atom. The second-order valence-corrected chi connectivity index (χ2v) is 8.36. The fourth-order valence-electron chi connectivity index (χ4n) is 3.96. The van der Waals surface area contributed by atoms with Crippen LogP contribution < -0.4 is 20.4 Å². The summed E-state index contributed by atoms with van der Waals surface area (Å²) in [6, 6.07) is 1.81. The lowest BCUT2D eigenvalue weighted by Crippen LogP contribution is -2.62. The van der Waals surface area contributed by atoms with E-state index in [1.807, 2.05) is 18.9 Å². The molecule has 1 aromatic carbocycles. The van der Waals surface area contributed by atoms with E-state index in [1.54, 1.807) is 11.8 Å². The predicted octanol–water partition coefficient (Wildman–Crippen LogP) is 2.49. The first kappa shape index (κ1) is 25.4. The van der Waals surface area contributed by atoms with Crippen LogP contribution in [0.3, 0.4) is 0 Å². The van der Waals surface area contributed by atoms with Crippen molar-refractivity contribution in [1.29, 1.82) is 0 Å². The fraction of sp³-hybridized carbons (Fsp3) is 0.526. The average Bonchev–Trinajstić information content (AvgIpc) is 2.67. The van der Waals surface area contributed by atoms with Crippen molar-refractivity contribution in [2.75, 3.05) is 37.0 Å². The number of nitrogens with zero attached hydrogens (tertiary/aromatic N) is 3. The molecule has 0 radical (unpaired) electrons. The molecule has 4 rings (SSSR count). The Labute approximate surface area is 189 Å². The third-order valence-electron chi connectivity index (χ3n) is 5.28. The molecular weight excluding hydrogens is 476 g/mol. The topological polar surface area (TPSA) is 106 Å². The molecule has 3 heterocycles. The van der Waals surface area contributed by atoms with Crippen LogP contribution >= 0.6 is 0 Å². The molecule has 0 aromatic heterocycles. The van der Waals surface area contributed by atoms with E-state index in [0.29, 0.717) is 24.6 Å². The van der Waals surface area contributed by atoms with Gasteiger partial charge in [0.2, 0.25) is 0 Å². The molecule has 1 saturated heterocycles. The summed E-state index contributed by atoms with van der Waals surface area (Å²) in [4.78, 5) is 24.5. The normalized spacial score (nSPS) is 21.4. The van der Waals surface area contributed by atoms with Crippen molar-refractivity contribution in [1.82, 2.24) is 10.3 Å². The van der Waals surface area contributed by atoms with Crippen LogP contribution in [0, 0.1) is 0 Å². The molecule has 0 saturated carbocycles. The highest BCUT2D eigenvalue weighted by Gasteiger charge is 2.43.